The van der Waals surface area contributed by atoms with E-state index in [9.17, 15) is 8.78 Å². The van der Waals surface area contributed by atoms with Gasteiger partial charge in [-0.05, 0) is 31.2 Å². The van der Waals surface area contributed by atoms with Crippen LogP contribution in [0.25, 0.3) is 0 Å². The van der Waals surface area contributed by atoms with Crippen molar-refractivity contribution in [2.75, 3.05) is 13.2 Å². The maximum absolute atomic E-state index is 14.0. The summed E-state index contributed by atoms with van der Waals surface area (Å²) in [5.74, 6) is 4.09. The Bertz CT molecular complexity index is 420. The number of nitrogens with two attached hydrogens (primary N) is 1. The maximum atomic E-state index is 14.0. The molecular formula is C13H18F2N2O. The first-order valence-electron chi connectivity index (χ1n) is 6.13. The van der Waals surface area contributed by atoms with E-state index in [1.54, 1.807) is 19.1 Å². The summed E-state index contributed by atoms with van der Waals surface area (Å²) in [6, 6.07) is 2.81. The SMILES string of the molecule is Cc1ccc(C(NN)C2CCOCC2)c(F)c1F. The largest absolute Gasteiger partial charge is 0.381 e. The number of hydrogen-bond acceptors (Lipinski definition) is 3. The smallest absolute Gasteiger partial charge is 0.163 e. The van der Waals surface area contributed by atoms with Gasteiger partial charge in [-0.1, -0.05) is 12.1 Å². The average molecular weight is 256 g/mol. The van der Waals surface area contributed by atoms with Gasteiger partial charge in [-0.2, -0.15) is 0 Å². The van der Waals surface area contributed by atoms with Gasteiger partial charge >= 0.3 is 0 Å². The van der Waals surface area contributed by atoms with Gasteiger partial charge in [0.25, 0.3) is 0 Å². The quantitative estimate of drug-likeness (QED) is 0.644. The van der Waals surface area contributed by atoms with Crippen LogP contribution in [0.2, 0.25) is 0 Å². The molecule has 1 aromatic carbocycles. The van der Waals surface area contributed by atoms with Gasteiger partial charge < -0.3 is 4.74 Å². The molecule has 1 aliphatic rings. The van der Waals surface area contributed by atoms with Crippen molar-refractivity contribution in [3.8, 4) is 0 Å². The second-order valence-electron chi connectivity index (χ2n) is 4.69. The molecule has 3 N–H and O–H groups in total. The number of hydrazine groups is 1. The minimum absolute atomic E-state index is 0.167. The summed E-state index contributed by atoms with van der Waals surface area (Å²) in [5.41, 5.74) is 3.22. The molecule has 5 heteroatoms. The molecule has 3 nitrogen and oxygen atoms in total. The molecule has 0 aromatic heterocycles. The molecular weight excluding hydrogens is 238 g/mol. The zero-order valence-electron chi connectivity index (χ0n) is 10.4. The number of aryl methyl sites for hydroxylation is 1. The van der Waals surface area contributed by atoms with Crippen molar-refractivity contribution in [3.05, 3.63) is 34.9 Å². The number of hydrogen-bond donors (Lipinski definition) is 2. The number of nitrogens with one attached hydrogen (secondary N) is 1. The van der Waals surface area contributed by atoms with Crippen molar-refractivity contribution in [2.45, 2.75) is 25.8 Å². The molecule has 1 heterocycles. The highest BCUT2D eigenvalue weighted by Crippen LogP contribution is 2.32. The van der Waals surface area contributed by atoms with Gasteiger partial charge in [0.15, 0.2) is 11.6 Å². The second kappa shape index (κ2) is 5.73. The van der Waals surface area contributed by atoms with Crippen LogP contribution in [0.5, 0.6) is 0 Å². The molecule has 1 fully saturated rings. The summed E-state index contributed by atoms with van der Waals surface area (Å²) in [6.07, 6.45) is 1.59. The highest BCUT2D eigenvalue weighted by Gasteiger charge is 2.28. The van der Waals surface area contributed by atoms with Crippen LogP contribution in [0.4, 0.5) is 8.78 Å². The molecule has 0 saturated carbocycles. The van der Waals surface area contributed by atoms with E-state index in [4.69, 9.17) is 10.6 Å². The summed E-state index contributed by atoms with van der Waals surface area (Å²) in [4.78, 5) is 0. The Kier molecular flexibility index (Phi) is 4.27. The van der Waals surface area contributed by atoms with Crippen molar-refractivity contribution in [1.29, 1.82) is 0 Å². The molecule has 1 saturated heterocycles. The molecule has 0 spiro atoms. The van der Waals surface area contributed by atoms with Crippen LogP contribution in [0, 0.1) is 24.5 Å². The van der Waals surface area contributed by atoms with Gasteiger partial charge in [-0.15, -0.1) is 0 Å². The minimum Gasteiger partial charge on any atom is -0.381 e. The standard InChI is InChI=1S/C13H18F2N2O/c1-8-2-3-10(12(15)11(8)14)13(17-16)9-4-6-18-7-5-9/h2-3,9,13,17H,4-7,16H2,1H3. The molecule has 0 aliphatic carbocycles. The Morgan fingerprint density at radius 2 is 1.94 bits per heavy atom. The van der Waals surface area contributed by atoms with Crippen molar-refractivity contribution in [3.63, 3.8) is 0 Å². The Morgan fingerprint density at radius 3 is 2.56 bits per heavy atom. The lowest BCUT2D eigenvalue weighted by Gasteiger charge is -2.30. The van der Waals surface area contributed by atoms with Crippen LogP contribution >= 0.6 is 0 Å². The third-order valence-corrected chi connectivity index (χ3v) is 3.56. The third-order valence-electron chi connectivity index (χ3n) is 3.56. The van der Waals surface area contributed by atoms with E-state index in [1.807, 2.05) is 0 Å². The lowest BCUT2D eigenvalue weighted by Crippen LogP contribution is -2.36. The van der Waals surface area contributed by atoms with Gasteiger partial charge in [-0.3, -0.25) is 11.3 Å². The molecule has 1 unspecified atom stereocenters. The van der Waals surface area contributed by atoms with Crippen LogP contribution in [-0.2, 0) is 4.74 Å². The highest BCUT2D eigenvalue weighted by atomic mass is 19.2. The molecule has 2 rings (SSSR count). The zero-order valence-corrected chi connectivity index (χ0v) is 10.4. The molecule has 0 radical (unpaired) electrons. The van der Waals surface area contributed by atoms with Gasteiger partial charge in [0.2, 0.25) is 0 Å². The van der Waals surface area contributed by atoms with Crippen molar-refractivity contribution < 1.29 is 13.5 Å². The summed E-state index contributed by atoms with van der Waals surface area (Å²) in [5, 5.41) is 0. The first kappa shape index (κ1) is 13.4. The van der Waals surface area contributed by atoms with Crippen LogP contribution in [0.1, 0.15) is 30.0 Å². The highest BCUT2D eigenvalue weighted by molar-refractivity contribution is 5.28. The summed E-state index contributed by atoms with van der Waals surface area (Å²) in [6.45, 7) is 2.82. The van der Waals surface area contributed by atoms with Gasteiger partial charge in [0.1, 0.15) is 0 Å². The average Bonchev–Trinajstić information content (AvgIpc) is 2.41. The summed E-state index contributed by atoms with van der Waals surface area (Å²) in [7, 11) is 0. The number of halogens is 2. The Balaban J connectivity index is 2.29. The molecule has 1 aliphatic heterocycles. The fourth-order valence-corrected chi connectivity index (χ4v) is 2.43. The number of rotatable bonds is 3. The van der Waals surface area contributed by atoms with Crippen LogP contribution in [-0.4, -0.2) is 13.2 Å². The predicted molar refractivity (Wildman–Crippen MR) is 64.7 cm³/mol. The van der Waals surface area contributed by atoms with E-state index in [2.05, 4.69) is 5.43 Å². The van der Waals surface area contributed by atoms with E-state index in [1.165, 1.54) is 0 Å². The fourth-order valence-electron chi connectivity index (χ4n) is 2.43. The van der Waals surface area contributed by atoms with Crippen LogP contribution < -0.4 is 11.3 Å². The molecule has 0 bridgehead atoms. The topological polar surface area (TPSA) is 47.3 Å². The van der Waals surface area contributed by atoms with Crippen molar-refractivity contribution in [1.82, 2.24) is 5.43 Å². The minimum atomic E-state index is -0.801. The predicted octanol–water partition coefficient (Wildman–Crippen LogP) is 2.20. The van der Waals surface area contributed by atoms with Crippen molar-refractivity contribution in [2.24, 2.45) is 11.8 Å². The van der Waals surface area contributed by atoms with Crippen molar-refractivity contribution >= 4 is 0 Å². The lowest BCUT2D eigenvalue weighted by atomic mass is 9.87. The van der Waals surface area contributed by atoms with E-state index in [0.29, 0.717) is 24.3 Å². The van der Waals surface area contributed by atoms with Crippen LogP contribution in [0.3, 0.4) is 0 Å². The maximum Gasteiger partial charge on any atom is 0.163 e. The Hall–Kier alpha value is -1.04. The molecule has 0 amide bonds. The van der Waals surface area contributed by atoms with E-state index >= 15 is 0 Å². The summed E-state index contributed by atoms with van der Waals surface area (Å²) < 4.78 is 32.8. The molecule has 1 aromatic rings. The van der Waals surface area contributed by atoms with Crippen LogP contribution in [0.15, 0.2) is 12.1 Å². The Morgan fingerprint density at radius 1 is 1.28 bits per heavy atom. The second-order valence-corrected chi connectivity index (χ2v) is 4.69. The first-order valence-corrected chi connectivity index (χ1v) is 6.13. The normalized spacial score (nSPS) is 18.9. The van der Waals surface area contributed by atoms with E-state index in [-0.39, 0.29) is 12.0 Å². The number of benzene rings is 1. The van der Waals surface area contributed by atoms with E-state index in [0.717, 1.165) is 12.8 Å². The molecule has 18 heavy (non-hydrogen) atoms. The monoisotopic (exact) mass is 256 g/mol. The molecule has 100 valence electrons. The van der Waals surface area contributed by atoms with Gasteiger partial charge in [0.05, 0.1) is 6.04 Å². The summed E-state index contributed by atoms with van der Waals surface area (Å²) >= 11 is 0. The third kappa shape index (κ3) is 2.53. The van der Waals surface area contributed by atoms with Gasteiger partial charge in [-0.25, -0.2) is 8.78 Å². The number of ether oxygens (including phenoxy) is 1. The first-order chi connectivity index (χ1) is 8.65. The lowest BCUT2D eigenvalue weighted by molar-refractivity contribution is 0.0530. The Labute approximate surface area is 105 Å². The molecule has 1 atom stereocenters. The van der Waals surface area contributed by atoms with Gasteiger partial charge in [0, 0.05) is 18.8 Å². The van der Waals surface area contributed by atoms with E-state index < -0.39 is 11.6 Å². The fraction of sp³-hybridized carbons (Fsp3) is 0.538. The zero-order chi connectivity index (χ0) is 13.1.